The standard InChI is InChI=1S/C19H24ClN3/c1-23-12-21-10-15(23)11-22-19-17-5-3-2-4-16(17)18(19)13-6-8-14(20)9-7-13/h6-10,12,16-19,22H,2-5,11H2,1H3/t16-,17+,18-,19-/m0/s1. The molecule has 3 nitrogen and oxygen atoms in total. The van der Waals surface area contributed by atoms with E-state index < -0.39 is 0 Å². The number of halogens is 1. The van der Waals surface area contributed by atoms with Crippen LogP contribution in [0.1, 0.15) is 42.9 Å². The number of hydrogen-bond donors (Lipinski definition) is 1. The van der Waals surface area contributed by atoms with Crippen LogP contribution < -0.4 is 5.32 Å². The molecular weight excluding hydrogens is 306 g/mol. The molecule has 2 fully saturated rings. The number of fused-ring (bicyclic) bond motifs is 1. The zero-order valence-corrected chi connectivity index (χ0v) is 14.3. The summed E-state index contributed by atoms with van der Waals surface area (Å²) in [7, 11) is 2.06. The molecule has 23 heavy (non-hydrogen) atoms. The number of nitrogens with zero attached hydrogens (tertiary/aromatic N) is 2. The molecule has 1 heterocycles. The lowest BCUT2D eigenvalue weighted by atomic mass is 9.53. The first-order valence-electron chi connectivity index (χ1n) is 8.68. The van der Waals surface area contributed by atoms with Crippen LogP contribution in [0, 0.1) is 11.8 Å². The van der Waals surface area contributed by atoms with Crippen molar-refractivity contribution in [3.05, 3.63) is 53.1 Å². The molecule has 0 bridgehead atoms. The predicted octanol–water partition coefficient (Wildman–Crippen LogP) is 4.14. The molecule has 2 saturated carbocycles. The quantitative estimate of drug-likeness (QED) is 0.913. The van der Waals surface area contributed by atoms with Gasteiger partial charge in [0.15, 0.2) is 0 Å². The van der Waals surface area contributed by atoms with Crippen molar-refractivity contribution in [3.8, 4) is 0 Å². The summed E-state index contributed by atoms with van der Waals surface area (Å²) in [5.74, 6) is 2.30. The smallest absolute Gasteiger partial charge is 0.0945 e. The second-order valence-electron chi connectivity index (χ2n) is 7.09. The van der Waals surface area contributed by atoms with Gasteiger partial charge < -0.3 is 9.88 Å². The zero-order chi connectivity index (χ0) is 15.8. The molecular formula is C19H24ClN3. The summed E-state index contributed by atoms with van der Waals surface area (Å²) in [5.41, 5.74) is 2.69. The van der Waals surface area contributed by atoms with Crippen LogP contribution in [0.15, 0.2) is 36.8 Å². The maximum absolute atomic E-state index is 6.07. The number of rotatable bonds is 4. The molecule has 0 saturated heterocycles. The van der Waals surface area contributed by atoms with E-state index in [0.29, 0.717) is 12.0 Å². The van der Waals surface area contributed by atoms with Crippen molar-refractivity contribution >= 4 is 11.6 Å². The number of aromatic nitrogens is 2. The molecule has 0 amide bonds. The van der Waals surface area contributed by atoms with Gasteiger partial charge in [0.25, 0.3) is 0 Å². The molecule has 2 aromatic rings. The Kier molecular flexibility index (Phi) is 4.16. The molecule has 122 valence electrons. The fourth-order valence-electron chi connectivity index (χ4n) is 4.66. The first kappa shape index (κ1) is 15.2. The van der Waals surface area contributed by atoms with E-state index in [2.05, 4.69) is 34.0 Å². The average molecular weight is 330 g/mol. The summed E-state index contributed by atoms with van der Waals surface area (Å²) in [4.78, 5) is 4.22. The number of hydrogen-bond acceptors (Lipinski definition) is 2. The Hall–Kier alpha value is -1.32. The van der Waals surface area contributed by atoms with Gasteiger partial charge in [0.05, 0.1) is 12.0 Å². The van der Waals surface area contributed by atoms with Gasteiger partial charge in [0.2, 0.25) is 0 Å². The van der Waals surface area contributed by atoms with E-state index in [9.17, 15) is 0 Å². The molecule has 4 atom stereocenters. The minimum Gasteiger partial charge on any atom is -0.337 e. The zero-order valence-electron chi connectivity index (χ0n) is 13.6. The Balaban J connectivity index is 1.52. The summed E-state index contributed by atoms with van der Waals surface area (Å²) in [6.45, 7) is 0.897. The summed E-state index contributed by atoms with van der Waals surface area (Å²) < 4.78 is 2.10. The monoisotopic (exact) mass is 329 g/mol. The van der Waals surface area contributed by atoms with E-state index in [1.165, 1.54) is 36.9 Å². The van der Waals surface area contributed by atoms with Gasteiger partial charge in [0, 0.05) is 36.8 Å². The highest BCUT2D eigenvalue weighted by Gasteiger charge is 2.50. The lowest BCUT2D eigenvalue weighted by Crippen LogP contribution is -2.57. The molecule has 4 heteroatoms. The van der Waals surface area contributed by atoms with Crippen LogP contribution in [-0.2, 0) is 13.6 Å². The second kappa shape index (κ2) is 6.29. The van der Waals surface area contributed by atoms with Gasteiger partial charge >= 0.3 is 0 Å². The van der Waals surface area contributed by atoms with Crippen LogP contribution in [0.5, 0.6) is 0 Å². The van der Waals surface area contributed by atoms with Crippen molar-refractivity contribution in [3.63, 3.8) is 0 Å². The first-order chi connectivity index (χ1) is 11.2. The summed E-state index contributed by atoms with van der Waals surface area (Å²) in [5, 5.41) is 4.66. The Labute approximate surface area is 143 Å². The highest BCUT2D eigenvalue weighted by molar-refractivity contribution is 6.30. The maximum atomic E-state index is 6.07. The van der Waals surface area contributed by atoms with Gasteiger partial charge in [-0.05, 0) is 42.4 Å². The third kappa shape index (κ3) is 2.81. The number of aryl methyl sites for hydroxylation is 1. The molecule has 2 aliphatic rings. The van der Waals surface area contributed by atoms with Gasteiger partial charge in [-0.2, -0.15) is 0 Å². The molecule has 0 radical (unpaired) electrons. The summed E-state index contributed by atoms with van der Waals surface area (Å²) in [6, 6.07) is 9.08. The average Bonchev–Trinajstić information content (AvgIpc) is 2.96. The van der Waals surface area contributed by atoms with E-state index in [0.717, 1.165) is 23.4 Å². The highest BCUT2D eigenvalue weighted by atomic mass is 35.5. The van der Waals surface area contributed by atoms with Crippen LogP contribution in [0.2, 0.25) is 5.02 Å². The number of benzene rings is 1. The lowest BCUT2D eigenvalue weighted by molar-refractivity contribution is 0.0251. The number of nitrogens with one attached hydrogen (secondary N) is 1. The molecule has 1 N–H and O–H groups in total. The van der Waals surface area contributed by atoms with Gasteiger partial charge in [-0.3, -0.25) is 0 Å². The third-order valence-corrected chi connectivity index (χ3v) is 6.13. The molecule has 1 aromatic carbocycles. The van der Waals surface area contributed by atoms with Crippen LogP contribution in [-0.4, -0.2) is 15.6 Å². The Morgan fingerprint density at radius 3 is 2.61 bits per heavy atom. The normalized spacial score (nSPS) is 29.8. The van der Waals surface area contributed by atoms with E-state index >= 15 is 0 Å². The van der Waals surface area contributed by atoms with Crippen molar-refractivity contribution in [2.75, 3.05) is 0 Å². The highest BCUT2D eigenvalue weighted by Crippen LogP contribution is 2.54. The predicted molar refractivity (Wildman–Crippen MR) is 93.5 cm³/mol. The minimum absolute atomic E-state index is 0.580. The van der Waals surface area contributed by atoms with E-state index in [-0.39, 0.29) is 0 Å². The van der Waals surface area contributed by atoms with Gasteiger partial charge in [-0.25, -0.2) is 4.98 Å². The summed E-state index contributed by atoms with van der Waals surface area (Å²) >= 11 is 6.07. The molecule has 2 aliphatic carbocycles. The summed E-state index contributed by atoms with van der Waals surface area (Å²) in [6.07, 6.45) is 9.36. The Bertz CT molecular complexity index is 664. The van der Waals surface area contributed by atoms with E-state index in [4.69, 9.17) is 11.6 Å². The van der Waals surface area contributed by atoms with Crippen LogP contribution in [0.25, 0.3) is 0 Å². The van der Waals surface area contributed by atoms with E-state index in [1.54, 1.807) is 0 Å². The van der Waals surface area contributed by atoms with Crippen molar-refractivity contribution in [1.29, 1.82) is 0 Å². The molecule has 4 rings (SSSR count). The van der Waals surface area contributed by atoms with Crippen molar-refractivity contribution in [1.82, 2.24) is 14.9 Å². The maximum Gasteiger partial charge on any atom is 0.0945 e. The number of imidazole rings is 1. The van der Waals surface area contributed by atoms with Crippen LogP contribution >= 0.6 is 11.6 Å². The van der Waals surface area contributed by atoms with Crippen molar-refractivity contribution < 1.29 is 0 Å². The van der Waals surface area contributed by atoms with Gasteiger partial charge in [-0.15, -0.1) is 0 Å². The van der Waals surface area contributed by atoms with Crippen molar-refractivity contribution in [2.45, 2.75) is 44.2 Å². The fourth-order valence-corrected chi connectivity index (χ4v) is 4.79. The largest absolute Gasteiger partial charge is 0.337 e. The van der Waals surface area contributed by atoms with Gasteiger partial charge in [0.1, 0.15) is 0 Å². The Morgan fingerprint density at radius 1 is 1.17 bits per heavy atom. The minimum atomic E-state index is 0.580. The first-order valence-corrected chi connectivity index (χ1v) is 9.06. The molecule has 0 spiro atoms. The molecule has 0 aliphatic heterocycles. The molecule has 0 unspecified atom stereocenters. The van der Waals surface area contributed by atoms with Crippen molar-refractivity contribution in [2.24, 2.45) is 18.9 Å². The van der Waals surface area contributed by atoms with E-state index in [1.807, 2.05) is 24.7 Å². The molecule has 1 aromatic heterocycles. The lowest BCUT2D eigenvalue weighted by Gasteiger charge is -2.55. The van der Waals surface area contributed by atoms with Crippen LogP contribution in [0.4, 0.5) is 0 Å². The Morgan fingerprint density at radius 2 is 1.91 bits per heavy atom. The second-order valence-corrected chi connectivity index (χ2v) is 7.53. The van der Waals surface area contributed by atoms with Gasteiger partial charge in [-0.1, -0.05) is 36.6 Å². The topological polar surface area (TPSA) is 29.9 Å². The van der Waals surface area contributed by atoms with Crippen LogP contribution in [0.3, 0.4) is 0 Å². The fraction of sp³-hybridized carbons (Fsp3) is 0.526. The third-order valence-electron chi connectivity index (χ3n) is 5.87. The SMILES string of the molecule is Cn1cncc1CN[C@H]1[C@@H]2CCCC[C@@H]2[C@@H]1c1ccc(Cl)cc1.